The molecular weight excluding hydrogens is 200 g/mol. The molecule has 2 rings (SSSR count). The summed E-state index contributed by atoms with van der Waals surface area (Å²) in [6, 6.07) is 9.82. The van der Waals surface area contributed by atoms with Crippen molar-refractivity contribution in [3.8, 4) is 11.6 Å². The molecule has 0 aliphatic rings. The second kappa shape index (κ2) is 4.84. The van der Waals surface area contributed by atoms with E-state index in [9.17, 15) is 5.11 Å². The molecule has 84 valence electrons. The lowest BCUT2D eigenvalue weighted by molar-refractivity contribution is 0.441. The SMILES string of the molecule is CCCCc1cn(-c2ccccc2)nc1O. The number of nitrogens with zero attached hydrogens (tertiary/aromatic N) is 2. The average Bonchev–Trinajstić information content (AvgIpc) is 2.69. The molecule has 0 saturated heterocycles. The van der Waals surface area contributed by atoms with Crippen LogP contribution in [0.5, 0.6) is 5.88 Å². The molecule has 0 unspecified atom stereocenters. The molecule has 0 saturated carbocycles. The Balaban J connectivity index is 2.24. The van der Waals surface area contributed by atoms with Crippen molar-refractivity contribution in [2.75, 3.05) is 0 Å². The first kappa shape index (κ1) is 10.7. The van der Waals surface area contributed by atoms with E-state index in [0.29, 0.717) is 0 Å². The van der Waals surface area contributed by atoms with Gasteiger partial charge in [0.25, 0.3) is 0 Å². The van der Waals surface area contributed by atoms with Crippen LogP contribution in [-0.4, -0.2) is 14.9 Å². The topological polar surface area (TPSA) is 38.0 Å². The summed E-state index contributed by atoms with van der Waals surface area (Å²) in [5.41, 5.74) is 1.89. The van der Waals surface area contributed by atoms with E-state index in [4.69, 9.17) is 0 Å². The molecule has 0 spiro atoms. The minimum atomic E-state index is 0.150. The number of hydrogen-bond donors (Lipinski definition) is 1. The second-order valence-corrected chi connectivity index (χ2v) is 3.86. The van der Waals surface area contributed by atoms with E-state index in [0.717, 1.165) is 30.5 Å². The van der Waals surface area contributed by atoms with E-state index in [1.807, 2.05) is 36.5 Å². The maximum absolute atomic E-state index is 9.69. The van der Waals surface area contributed by atoms with Crippen molar-refractivity contribution in [3.05, 3.63) is 42.1 Å². The van der Waals surface area contributed by atoms with Crippen LogP contribution in [0.15, 0.2) is 36.5 Å². The molecule has 0 aliphatic carbocycles. The molecule has 0 fully saturated rings. The standard InChI is InChI=1S/C13H16N2O/c1-2-3-7-11-10-15(14-13(11)16)12-8-5-4-6-9-12/h4-6,8-10H,2-3,7H2,1H3,(H,14,16). The highest BCUT2D eigenvalue weighted by molar-refractivity contribution is 5.34. The number of aromatic nitrogens is 2. The van der Waals surface area contributed by atoms with Gasteiger partial charge >= 0.3 is 0 Å². The maximum atomic E-state index is 9.69. The first-order valence-corrected chi connectivity index (χ1v) is 5.64. The van der Waals surface area contributed by atoms with Crippen LogP contribution in [0.2, 0.25) is 0 Å². The third kappa shape index (κ3) is 2.24. The molecule has 0 atom stereocenters. The monoisotopic (exact) mass is 216 g/mol. The lowest BCUT2D eigenvalue weighted by Crippen LogP contribution is -1.92. The van der Waals surface area contributed by atoms with Crippen molar-refractivity contribution >= 4 is 0 Å². The summed E-state index contributed by atoms with van der Waals surface area (Å²) in [6.45, 7) is 2.14. The first-order chi connectivity index (χ1) is 7.81. The zero-order chi connectivity index (χ0) is 11.4. The Morgan fingerprint density at radius 2 is 2.00 bits per heavy atom. The third-order valence-electron chi connectivity index (χ3n) is 2.59. The number of para-hydroxylation sites is 1. The van der Waals surface area contributed by atoms with E-state index < -0.39 is 0 Å². The van der Waals surface area contributed by atoms with Crippen LogP contribution in [0.3, 0.4) is 0 Å². The highest BCUT2D eigenvalue weighted by atomic mass is 16.3. The molecule has 1 heterocycles. The van der Waals surface area contributed by atoms with Crippen LogP contribution in [0.25, 0.3) is 5.69 Å². The largest absolute Gasteiger partial charge is 0.492 e. The molecule has 0 aliphatic heterocycles. The summed E-state index contributed by atoms with van der Waals surface area (Å²) in [7, 11) is 0. The second-order valence-electron chi connectivity index (χ2n) is 3.86. The fourth-order valence-electron chi connectivity index (χ4n) is 1.66. The normalized spacial score (nSPS) is 10.6. The Morgan fingerprint density at radius 1 is 1.25 bits per heavy atom. The molecule has 1 aromatic heterocycles. The van der Waals surface area contributed by atoms with Crippen molar-refractivity contribution in [2.24, 2.45) is 0 Å². The van der Waals surface area contributed by atoms with Gasteiger partial charge in [-0.15, -0.1) is 5.10 Å². The maximum Gasteiger partial charge on any atom is 0.233 e. The summed E-state index contributed by atoms with van der Waals surface area (Å²) in [5.74, 6) is 0.150. The smallest absolute Gasteiger partial charge is 0.233 e. The van der Waals surface area contributed by atoms with E-state index in [2.05, 4.69) is 12.0 Å². The van der Waals surface area contributed by atoms with Gasteiger partial charge in [-0.2, -0.15) is 0 Å². The summed E-state index contributed by atoms with van der Waals surface area (Å²) in [4.78, 5) is 0. The number of unbranched alkanes of at least 4 members (excludes halogenated alkanes) is 1. The molecule has 0 bridgehead atoms. The molecule has 3 heteroatoms. The van der Waals surface area contributed by atoms with E-state index in [-0.39, 0.29) is 5.88 Å². The summed E-state index contributed by atoms with van der Waals surface area (Å²) >= 11 is 0. The predicted octanol–water partition coefficient (Wildman–Crippen LogP) is 2.92. The fourth-order valence-corrected chi connectivity index (χ4v) is 1.66. The summed E-state index contributed by atoms with van der Waals surface area (Å²) in [6.07, 6.45) is 4.99. The van der Waals surface area contributed by atoms with Crippen LogP contribution in [0.1, 0.15) is 25.3 Å². The van der Waals surface area contributed by atoms with Gasteiger partial charge in [0.15, 0.2) is 0 Å². The number of aromatic hydroxyl groups is 1. The zero-order valence-corrected chi connectivity index (χ0v) is 9.43. The van der Waals surface area contributed by atoms with E-state index in [1.165, 1.54) is 0 Å². The summed E-state index contributed by atoms with van der Waals surface area (Å²) in [5, 5.41) is 13.8. The van der Waals surface area contributed by atoms with Crippen LogP contribution in [0.4, 0.5) is 0 Å². The van der Waals surface area contributed by atoms with Gasteiger partial charge < -0.3 is 5.11 Å². The molecule has 16 heavy (non-hydrogen) atoms. The van der Waals surface area contributed by atoms with Crippen LogP contribution < -0.4 is 0 Å². The zero-order valence-electron chi connectivity index (χ0n) is 9.43. The van der Waals surface area contributed by atoms with Crippen molar-refractivity contribution in [3.63, 3.8) is 0 Å². The lowest BCUT2D eigenvalue weighted by Gasteiger charge is -1.98. The molecule has 2 aromatic rings. The van der Waals surface area contributed by atoms with Crippen molar-refractivity contribution in [1.82, 2.24) is 9.78 Å². The van der Waals surface area contributed by atoms with Gasteiger partial charge in [0.2, 0.25) is 5.88 Å². The van der Waals surface area contributed by atoms with Gasteiger partial charge in [-0.3, -0.25) is 0 Å². The predicted molar refractivity (Wildman–Crippen MR) is 63.8 cm³/mol. The van der Waals surface area contributed by atoms with Crippen molar-refractivity contribution in [2.45, 2.75) is 26.2 Å². The Hall–Kier alpha value is -1.77. The minimum absolute atomic E-state index is 0.150. The van der Waals surface area contributed by atoms with Gasteiger partial charge in [0, 0.05) is 11.8 Å². The Bertz CT molecular complexity index is 448. The Morgan fingerprint density at radius 3 is 2.69 bits per heavy atom. The van der Waals surface area contributed by atoms with E-state index >= 15 is 0 Å². The van der Waals surface area contributed by atoms with Crippen LogP contribution in [-0.2, 0) is 6.42 Å². The van der Waals surface area contributed by atoms with Crippen LogP contribution in [0, 0.1) is 0 Å². The molecule has 3 nitrogen and oxygen atoms in total. The number of rotatable bonds is 4. The van der Waals surface area contributed by atoms with Gasteiger partial charge in [-0.1, -0.05) is 31.5 Å². The van der Waals surface area contributed by atoms with Gasteiger partial charge in [-0.25, -0.2) is 4.68 Å². The number of aryl methyl sites for hydroxylation is 1. The number of hydrogen-bond acceptors (Lipinski definition) is 2. The molecule has 1 N–H and O–H groups in total. The van der Waals surface area contributed by atoms with E-state index in [1.54, 1.807) is 4.68 Å². The number of benzene rings is 1. The quantitative estimate of drug-likeness (QED) is 0.853. The Kier molecular flexibility index (Phi) is 3.25. The van der Waals surface area contributed by atoms with Gasteiger partial charge in [0.05, 0.1) is 5.69 Å². The summed E-state index contributed by atoms with van der Waals surface area (Å²) < 4.78 is 1.72. The molecule has 1 aromatic carbocycles. The van der Waals surface area contributed by atoms with Crippen molar-refractivity contribution < 1.29 is 5.11 Å². The highest BCUT2D eigenvalue weighted by Crippen LogP contribution is 2.19. The molecular formula is C13H16N2O. The van der Waals surface area contributed by atoms with Crippen LogP contribution >= 0.6 is 0 Å². The highest BCUT2D eigenvalue weighted by Gasteiger charge is 2.07. The first-order valence-electron chi connectivity index (χ1n) is 5.64. The average molecular weight is 216 g/mol. The minimum Gasteiger partial charge on any atom is -0.492 e. The Labute approximate surface area is 95.3 Å². The van der Waals surface area contributed by atoms with Gasteiger partial charge in [0.1, 0.15) is 0 Å². The molecule has 0 radical (unpaired) electrons. The van der Waals surface area contributed by atoms with Crippen molar-refractivity contribution in [1.29, 1.82) is 0 Å². The fraction of sp³-hybridized carbons (Fsp3) is 0.308. The van der Waals surface area contributed by atoms with Gasteiger partial charge in [-0.05, 0) is 25.0 Å². The lowest BCUT2D eigenvalue weighted by atomic mass is 10.1. The molecule has 0 amide bonds. The third-order valence-corrected chi connectivity index (χ3v) is 2.59.